The van der Waals surface area contributed by atoms with E-state index in [-0.39, 0.29) is 11.7 Å². The average molecular weight is 408 g/mol. The fourth-order valence-electron chi connectivity index (χ4n) is 2.49. The van der Waals surface area contributed by atoms with Crippen molar-refractivity contribution in [3.63, 3.8) is 0 Å². The van der Waals surface area contributed by atoms with E-state index in [1.807, 2.05) is 13.0 Å². The van der Waals surface area contributed by atoms with E-state index in [0.717, 1.165) is 28.3 Å². The van der Waals surface area contributed by atoms with Crippen molar-refractivity contribution < 1.29 is 13.7 Å². The highest BCUT2D eigenvalue weighted by atomic mass is 79.9. The summed E-state index contributed by atoms with van der Waals surface area (Å²) in [5.41, 5.74) is 0.725. The van der Waals surface area contributed by atoms with Crippen LogP contribution >= 0.6 is 27.3 Å². The summed E-state index contributed by atoms with van der Waals surface area (Å²) >= 11 is 4.71. The molecule has 8 heteroatoms. The van der Waals surface area contributed by atoms with Gasteiger partial charge >= 0.3 is 0 Å². The quantitative estimate of drug-likeness (QED) is 0.659. The number of aromatic nitrogens is 2. The topological polar surface area (TPSA) is 81.2 Å². The summed E-state index contributed by atoms with van der Waals surface area (Å²) in [6.07, 6.45) is 3.45. The van der Waals surface area contributed by atoms with Gasteiger partial charge in [0.05, 0.1) is 10.6 Å². The third-order valence-electron chi connectivity index (χ3n) is 4.08. The second-order valence-corrected chi connectivity index (χ2v) is 7.76. The summed E-state index contributed by atoms with van der Waals surface area (Å²) in [6, 6.07) is 5.17. The third-order valence-corrected chi connectivity index (χ3v) is 5.55. The van der Waals surface area contributed by atoms with E-state index in [4.69, 9.17) is 8.94 Å². The fourth-order valence-corrected chi connectivity index (χ4v) is 3.70. The number of aryl methyl sites for hydroxylation is 1. The number of amides is 1. The molecule has 0 atom stereocenters. The van der Waals surface area contributed by atoms with Crippen molar-refractivity contribution in [3.8, 4) is 10.7 Å². The van der Waals surface area contributed by atoms with Gasteiger partial charge in [-0.2, -0.15) is 4.98 Å². The molecule has 1 saturated carbocycles. The van der Waals surface area contributed by atoms with Crippen molar-refractivity contribution in [2.45, 2.75) is 32.1 Å². The largest absolute Gasteiger partial charge is 0.444 e. The molecule has 1 aliphatic rings. The molecule has 1 amide bonds. The number of rotatable bonds is 4. The molecular formula is C16H14BrN3O3S. The highest BCUT2D eigenvalue weighted by Gasteiger charge is 2.26. The molecule has 124 valence electrons. The zero-order valence-electron chi connectivity index (χ0n) is 12.8. The van der Waals surface area contributed by atoms with Crippen LogP contribution in [0.25, 0.3) is 10.7 Å². The Morgan fingerprint density at radius 1 is 1.42 bits per heavy atom. The van der Waals surface area contributed by atoms with E-state index in [0.29, 0.717) is 22.3 Å². The van der Waals surface area contributed by atoms with Crippen LogP contribution in [-0.4, -0.2) is 16.0 Å². The summed E-state index contributed by atoms with van der Waals surface area (Å²) in [5, 5.41) is 6.92. The summed E-state index contributed by atoms with van der Waals surface area (Å²) in [4.78, 5) is 18.5. The van der Waals surface area contributed by atoms with Gasteiger partial charge in [-0.15, -0.1) is 11.3 Å². The molecule has 0 aliphatic heterocycles. The molecule has 3 aromatic rings. The van der Waals surface area contributed by atoms with Gasteiger partial charge in [0.15, 0.2) is 10.4 Å². The van der Waals surface area contributed by atoms with Crippen LogP contribution in [0.15, 0.2) is 31.8 Å². The number of nitrogens with one attached hydrogen (secondary N) is 1. The number of anilines is 1. The number of thiophene rings is 1. The van der Waals surface area contributed by atoms with Gasteiger partial charge in [-0.05, 0) is 53.9 Å². The minimum absolute atomic E-state index is 0.251. The molecule has 0 saturated heterocycles. The van der Waals surface area contributed by atoms with Gasteiger partial charge in [-0.3, -0.25) is 4.79 Å². The highest BCUT2D eigenvalue weighted by Crippen LogP contribution is 2.38. The number of carbonyl (C=O) groups excluding carboxylic acids is 1. The number of carbonyl (C=O) groups is 1. The summed E-state index contributed by atoms with van der Waals surface area (Å²) in [5.74, 6) is 1.65. The molecule has 1 N–H and O–H groups in total. The molecule has 0 radical (unpaired) electrons. The van der Waals surface area contributed by atoms with Crippen LogP contribution in [0.4, 0.5) is 5.69 Å². The van der Waals surface area contributed by atoms with E-state index in [1.165, 1.54) is 17.8 Å². The summed E-state index contributed by atoms with van der Waals surface area (Å²) in [6.45, 7) is 1.94. The molecule has 3 aromatic heterocycles. The minimum atomic E-state index is -0.295. The molecule has 6 nitrogen and oxygen atoms in total. The van der Waals surface area contributed by atoms with Gasteiger partial charge in [0.25, 0.3) is 5.91 Å². The van der Waals surface area contributed by atoms with Gasteiger partial charge in [-0.1, -0.05) is 11.6 Å². The second-order valence-electron chi connectivity index (χ2n) is 5.72. The standard InChI is InChI=1S/C16H14BrN3O3S/c1-8-10(18-15(21)11-5-6-13(17)22-11)7-12(24-8)14-19-16(23-20-14)9-3-2-4-9/h5-7,9H,2-4H2,1H3,(H,18,21). The molecule has 1 aliphatic carbocycles. The molecule has 0 bridgehead atoms. The molecule has 0 spiro atoms. The van der Waals surface area contributed by atoms with Crippen molar-refractivity contribution in [2.24, 2.45) is 0 Å². The lowest BCUT2D eigenvalue weighted by Gasteiger charge is -2.20. The number of hydrogen-bond donors (Lipinski definition) is 1. The van der Waals surface area contributed by atoms with E-state index in [9.17, 15) is 4.79 Å². The molecule has 24 heavy (non-hydrogen) atoms. The Balaban J connectivity index is 1.53. The van der Waals surface area contributed by atoms with Crippen LogP contribution in [0, 0.1) is 6.92 Å². The van der Waals surface area contributed by atoms with E-state index in [2.05, 4.69) is 31.4 Å². The Morgan fingerprint density at radius 3 is 2.92 bits per heavy atom. The van der Waals surface area contributed by atoms with E-state index < -0.39 is 0 Å². The summed E-state index contributed by atoms with van der Waals surface area (Å²) in [7, 11) is 0. The van der Waals surface area contributed by atoms with Gasteiger partial charge in [-0.25, -0.2) is 0 Å². The van der Waals surface area contributed by atoms with Crippen molar-refractivity contribution in [1.29, 1.82) is 0 Å². The van der Waals surface area contributed by atoms with Gasteiger partial charge < -0.3 is 14.3 Å². The minimum Gasteiger partial charge on any atom is -0.444 e. The van der Waals surface area contributed by atoms with Crippen LogP contribution in [-0.2, 0) is 0 Å². The Morgan fingerprint density at radius 2 is 2.25 bits per heavy atom. The Kier molecular flexibility index (Phi) is 4.01. The predicted octanol–water partition coefficient (Wildman–Crippen LogP) is 4.98. The zero-order valence-corrected chi connectivity index (χ0v) is 15.2. The van der Waals surface area contributed by atoms with Crippen molar-refractivity contribution in [2.75, 3.05) is 5.32 Å². The first-order chi connectivity index (χ1) is 11.6. The van der Waals surface area contributed by atoms with Crippen LogP contribution in [0.3, 0.4) is 0 Å². The fraction of sp³-hybridized carbons (Fsp3) is 0.312. The first-order valence-electron chi connectivity index (χ1n) is 7.61. The van der Waals surface area contributed by atoms with Gasteiger partial charge in [0.1, 0.15) is 0 Å². The number of halogens is 1. The molecule has 0 aromatic carbocycles. The lowest BCUT2D eigenvalue weighted by Crippen LogP contribution is -2.10. The van der Waals surface area contributed by atoms with Crippen LogP contribution < -0.4 is 5.32 Å². The lowest BCUT2D eigenvalue weighted by atomic mass is 9.85. The van der Waals surface area contributed by atoms with E-state index >= 15 is 0 Å². The highest BCUT2D eigenvalue weighted by molar-refractivity contribution is 9.10. The Labute approximate surface area is 150 Å². The maximum atomic E-state index is 12.2. The molecule has 0 unspecified atom stereocenters. The van der Waals surface area contributed by atoms with Crippen molar-refractivity contribution in [1.82, 2.24) is 10.1 Å². The Hall–Kier alpha value is -1.93. The monoisotopic (exact) mass is 407 g/mol. The van der Waals surface area contributed by atoms with Crippen LogP contribution in [0.1, 0.15) is 46.5 Å². The van der Waals surface area contributed by atoms with Crippen LogP contribution in [0.5, 0.6) is 0 Å². The summed E-state index contributed by atoms with van der Waals surface area (Å²) < 4.78 is 11.1. The second kappa shape index (κ2) is 6.18. The first kappa shape index (κ1) is 15.6. The first-order valence-corrected chi connectivity index (χ1v) is 9.22. The smallest absolute Gasteiger partial charge is 0.291 e. The van der Waals surface area contributed by atoms with Crippen molar-refractivity contribution in [3.05, 3.63) is 39.4 Å². The molecule has 1 fully saturated rings. The maximum absolute atomic E-state index is 12.2. The number of hydrogen-bond acceptors (Lipinski definition) is 6. The molecular weight excluding hydrogens is 394 g/mol. The number of furan rings is 1. The number of nitrogens with zero attached hydrogens (tertiary/aromatic N) is 2. The molecule has 4 rings (SSSR count). The average Bonchev–Trinajstić information content (AvgIpc) is 3.19. The van der Waals surface area contributed by atoms with Crippen molar-refractivity contribution >= 4 is 38.9 Å². The van der Waals surface area contributed by atoms with Gasteiger partial charge in [0, 0.05) is 10.8 Å². The normalized spacial score (nSPS) is 14.6. The maximum Gasteiger partial charge on any atom is 0.291 e. The SMILES string of the molecule is Cc1sc(-c2noc(C3CCC3)n2)cc1NC(=O)c1ccc(Br)o1. The van der Waals surface area contributed by atoms with E-state index in [1.54, 1.807) is 12.1 Å². The zero-order chi connectivity index (χ0) is 16.7. The Bertz CT molecular complexity index is 894. The lowest BCUT2D eigenvalue weighted by molar-refractivity contribution is 0.0995. The van der Waals surface area contributed by atoms with Crippen LogP contribution in [0.2, 0.25) is 0 Å². The predicted molar refractivity (Wildman–Crippen MR) is 93.3 cm³/mol. The third kappa shape index (κ3) is 2.91. The van der Waals surface area contributed by atoms with Gasteiger partial charge in [0.2, 0.25) is 11.7 Å². The molecule has 3 heterocycles.